The Hall–Kier alpha value is -0.0600. The summed E-state index contributed by atoms with van der Waals surface area (Å²) in [7, 11) is 0. The van der Waals surface area contributed by atoms with Gasteiger partial charge in [-0.05, 0) is 56.0 Å². The third-order valence-corrected chi connectivity index (χ3v) is 3.69. The summed E-state index contributed by atoms with van der Waals surface area (Å²) < 4.78 is 7.79. The van der Waals surface area contributed by atoms with Gasteiger partial charge in [0.25, 0.3) is 0 Å². The van der Waals surface area contributed by atoms with Crippen molar-refractivity contribution in [1.82, 2.24) is 5.32 Å². The van der Waals surface area contributed by atoms with Crippen molar-refractivity contribution in [3.8, 4) is 5.75 Å². The van der Waals surface area contributed by atoms with E-state index in [9.17, 15) is 0 Å². The number of ether oxygens (including phenoxy) is 1. The van der Waals surface area contributed by atoms with Gasteiger partial charge in [0.15, 0.2) is 0 Å². The Balaban J connectivity index is 2.71. The molecule has 1 aromatic carbocycles. The van der Waals surface area contributed by atoms with Crippen LogP contribution in [0.4, 0.5) is 0 Å². The van der Waals surface area contributed by atoms with Gasteiger partial charge < -0.3 is 10.1 Å². The Bertz CT molecular complexity index is 357. The van der Waals surface area contributed by atoms with Crippen LogP contribution in [0.2, 0.25) is 0 Å². The van der Waals surface area contributed by atoms with E-state index in [0.717, 1.165) is 40.7 Å². The van der Waals surface area contributed by atoms with Crippen molar-refractivity contribution in [2.24, 2.45) is 0 Å². The summed E-state index contributed by atoms with van der Waals surface area (Å²) in [5.74, 6) is 0.900. The van der Waals surface area contributed by atoms with Gasteiger partial charge in [-0.2, -0.15) is 0 Å². The van der Waals surface area contributed by atoms with Gasteiger partial charge >= 0.3 is 0 Å². The highest BCUT2D eigenvalue weighted by molar-refractivity contribution is 9.11. The van der Waals surface area contributed by atoms with Gasteiger partial charge in [-0.1, -0.05) is 27.2 Å². The lowest BCUT2D eigenvalue weighted by atomic mass is 10.2. The van der Waals surface area contributed by atoms with Crippen molar-refractivity contribution in [3.05, 3.63) is 26.6 Å². The van der Waals surface area contributed by atoms with Crippen molar-refractivity contribution in [1.29, 1.82) is 0 Å². The molecule has 0 bridgehead atoms. The Morgan fingerprint density at radius 1 is 1.22 bits per heavy atom. The molecule has 0 radical (unpaired) electrons. The molecule has 102 valence electrons. The molecule has 0 aliphatic rings. The molecule has 0 spiro atoms. The van der Waals surface area contributed by atoms with E-state index in [1.807, 2.05) is 0 Å². The molecule has 2 nitrogen and oxygen atoms in total. The standard InChI is InChI=1S/C14H21Br2NO/c1-4-5-6-18-14-12(15)7-11(8-13(14)16)9-17-10(2)3/h7-8,10,17H,4-6,9H2,1-3H3. The lowest BCUT2D eigenvalue weighted by Crippen LogP contribution is -2.21. The van der Waals surface area contributed by atoms with Crippen LogP contribution >= 0.6 is 31.9 Å². The zero-order chi connectivity index (χ0) is 13.5. The summed E-state index contributed by atoms with van der Waals surface area (Å²) >= 11 is 7.15. The van der Waals surface area contributed by atoms with Crippen molar-refractivity contribution in [2.75, 3.05) is 6.61 Å². The summed E-state index contributed by atoms with van der Waals surface area (Å²) in [6.07, 6.45) is 2.22. The van der Waals surface area contributed by atoms with E-state index in [-0.39, 0.29) is 0 Å². The van der Waals surface area contributed by atoms with Crippen LogP contribution in [0.5, 0.6) is 5.75 Å². The van der Waals surface area contributed by atoms with Crippen LogP contribution in [-0.4, -0.2) is 12.6 Å². The van der Waals surface area contributed by atoms with Gasteiger partial charge in [-0.3, -0.25) is 0 Å². The molecule has 1 N–H and O–H groups in total. The molecular formula is C14H21Br2NO. The molecule has 4 heteroatoms. The molecule has 0 aliphatic heterocycles. The second-order valence-corrected chi connectivity index (χ2v) is 6.33. The Morgan fingerprint density at radius 3 is 2.33 bits per heavy atom. The second kappa shape index (κ2) is 8.18. The van der Waals surface area contributed by atoms with Crippen LogP contribution in [0.3, 0.4) is 0 Å². The summed E-state index contributed by atoms with van der Waals surface area (Å²) in [4.78, 5) is 0. The minimum absolute atomic E-state index is 0.489. The van der Waals surface area contributed by atoms with E-state index < -0.39 is 0 Å². The summed E-state index contributed by atoms with van der Waals surface area (Å²) in [6.45, 7) is 8.08. The van der Waals surface area contributed by atoms with Crippen LogP contribution in [-0.2, 0) is 6.54 Å². The number of hydrogen-bond donors (Lipinski definition) is 1. The SMILES string of the molecule is CCCCOc1c(Br)cc(CNC(C)C)cc1Br. The molecule has 0 saturated heterocycles. The average Bonchev–Trinajstić information content (AvgIpc) is 2.30. The molecule has 0 aromatic heterocycles. The van der Waals surface area contributed by atoms with Crippen molar-refractivity contribution < 1.29 is 4.74 Å². The van der Waals surface area contributed by atoms with Crippen LogP contribution in [0.1, 0.15) is 39.2 Å². The lowest BCUT2D eigenvalue weighted by molar-refractivity contribution is 0.305. The smallest absolute Gasteiger partial charge is 0.147 e. The molecular weight excluding hydrogens is 358 g/mol. The fourth-order valence-electron chi connectivity index (χ4n) is 1.49. The fourth-order valence-corrected chi connectivity index (χ4v) is 3.00. The number of unbranched alkanes of at least 4 members (excludes halogenated alkanes) is 1. The number of benzene rings is 1. The predicted octanol–water partition coefficient (Wildman–Crippen LogP) is 4.89. The molecule has 0 aliphatic carbocycles. The topological polar surface area (TPSA) is 21.3 Å². The maximum absolute atomic E-state index is 5.77. The first-order chi connectivity index (χ1) is 8.54. The molecule has 0 saturated carbocycles. The van der Waals surface area contributed by atoms with Crippen LogP contribution in [0.25, 0.3) is 0 Å². The van der Waals surface area contributed by atoms with Crippen LogP contribution < -0.4 is 10.1 Å². The first kappa shape index (κ1) is 16.0. The zero-order valence-corrected chi connectivity index (χ0v) is 14.4. The van der Waals surface area contributed by atoms with Crippen LogP contribution in [0, 0.1) is 0 Å². The van der Waals surface area contributed by atoms with Gasteiger partial charge in [0.2, 0.25) is 0 Å². The first-order valence-electron chi connectivity index (χ1n) is 6.38. The normalized spacial score (nSPS) is 11.0. The molecule has 0 amide bonds. The Morgan fingerprint density at radius 2 is 1.83 bits per heavy atom. The van der Waals surface area contributed by atoms with Crippen molar-refractivity contribution >= 4 is 31.9 Å². The van der Waals surface area contributed by atoms with Crippen molar-refractivity contribution in [3.63, 3.8) is 0 Å². The van der Waals surface area contributed by atoms with Gasteiger partial charge in [0, 0.05) is 12.6 Å². The summed E-state index contributed by atoms with van der Waals surface area (Å²) in [6, 6.07) is 4.71. The first-order valence-corrected chi connectivity index (χ1v) is 7.97. The zero-order valence-electron chi connectivity index (χ0n) is 11.2. The second-order valence-electron chi connectivity index (χ2n) is 4.63. The number of nitrogens with one attached hydrogen (secondary N) is 1. The molecule has 0 heterocycles. The van der Waals surface area contributed by atoms with E-state index in [1.54, 1.807) is 0 Å². The molecule has 18 heavy (non-hydrogen) atoms. The minimum atomic E-state index is 0.489. The van der Waals surface area contributed by atoms with E-state index in [4.69, 9.17) is 4.74 Å². The maximum atomic E-state index is 5.77. The lowest BCUT2D eigenvalue weighted by Gasteiger charge is -2.13. The number of halogens is 2. The molecule has 1 rings (SSSR count). The minimum Gasteiger partial charge on any atom is -0.491 e. The molecule has 0 atom stereocenters. The van der Waals surface area contributed by atoms with Crippen LogP contribution in [0.15, 0.2) is 21.1 Å². The fraction of sp³-hybridized carbons (Fsp3) is 0.571. The van der Waals surface area contributed by atoms with E-state index in [1.165, 1.54) is 5.56 Å². The highest BCUT2D eigenvalue weighted by atomic mass is 79.9. The maximum Gasteiger partial charge on any atom is 0.147 e. The van der Waals surface area contributed by atoms with Gasteiger partial charge in [0.1, 0.15) is 5.75 Å². The van der Waals surface area contributed by atoms with E-state index >= 15 is 0 Å². The van der Waals surface area contributed by atoms with E-state index in [0.29, 0.717) is 6.04 Å². The highest BCUT2D eigenvalue weighted by Gasteiger charge is 2.09. The van der Waals surface area contributed by atoms with Gasteiger partial charge in [-0.25, -0.2) is 0 Å². The third-order valence-electron chi connectivity index (χ3n) is 2.52. The summed E-state index contributed by atoms with van der Waals surface area (Å²) in [5.41, 5.74) is 1.24. The summed E-state index contributed by atoms with van der Waals surface area (Å²) in [5, 5.41) is 3.41. The molecule has 0 unspecified atom stereocenters. The van der Waals surface area contributed by atoms with E-state index in [2.05, 4.69) is 70.1 Å². The third kappa shape index (κ3) is 5.29. The predicted molar refractivity (Wildman–Crippen MR) is 84.2 cm³/mol. The molecule has 0 fully saturated rings. The average molecular weight is 379 g/mol. The van der Waals surface area contributed by atoms with Crippen molar-refractivity contribution in [2.45, 2.75) is 46.2 Å². The molecule has 1 aromatic rings. The highest BCUT2D eigenvalue weighted by Crippen LogP contribution is 2.34. The van der Waals surface area contributed by atoms with Gasteiger partial charge in [-0.15, -0.1) is 0 Å². The Kier molecular flexibility index (Phi) is 7.27. The number of rotatable bonds is 7. The number of hydrogen-bond acceptors (Lipinski definition) is 2. The quantitative estimate of drug-likeness (QED) is 0.682. The van der Waals surface area contributed by atoms with Gasteiger partial charge in [0.05, 0.1) is 15.6 Å². The Labute approximate surface area is 127 Å². The monoisotopic (exact) mass is 377 g/mol. The largest absolute Gasteiger partial charge is 0.491 e.